The van der Waals surface area contributed by atoms with E-state index in [1.54, 1.807) is 12.5 Å². The fraction of sp³-hybridized carbons (Fsp3) is 0.350. The molecule has 1 amide bonds. The Morgan fingerprint density at radius 3 is 2.68 bits per heavy atom. The molecule has 1 aliphatic carbocycles. The predicted molar refractivity (Wildman–Crippen MR) is 97.4 cm³/mol. The van der Waals surface area contributed by atoms with Crippen LogP contribution in [0.1, 0.15) is 48.0 Å². The Hall–Kier alpha value is -2.69. The third kappa shape index (κ3) is 3.55. The van der Waals surface area contributed by atoms with Gasteiger partial charge in [0.25, 0.3) is 5.91 Å². The predicted octanol–water partition coefficient (Wildman–Crippen LogP) is 3.54. The van der Waals surface area contributed by atoms with Crippen LogP contribution in [0.4, 0.5) is 0 Å². The van der Waals surface area contributed by atoms with Gasteiger partial charge in [0.05, 0.1) is 12.9 Å². The molecule has 1 saturated carbocycles. The van der Waals surface area contributed by atoms with Crippen LogP contribution in [0.5, 0.6) is 0 Å². The molecule has 3 aromatic rings. The van der Waals surface area contributed by atoms with Crippen molar-refractivity contribution in [2.75, 3.05) is 0 Å². The molecule has 0 saturated heterocycles. The van der Waals surface area contributed by atoms with Crippen LogP contribution >= 0.6 is 0 Å². The summed E-state index contributed by atoms with van der Waals surface area (Å²) in [6, 6.07) is 12.0. The van der Waals surface area contributed by atoms with Crippen molar-refractivity contribution >= 4 is 17.1 Å². The summed E-state index contributed by atoms with van der Waals surface area (Å²) < 4.78 is 2.02. The van der Waals surface area contributed by atoms with E-state index in [9.17, 15) is 4.79 Å². The van der Waals surface area contributed by atoms with Crippen molar-refractivity contribution in [3.05, 3.63) is 60.0 Å². The Balaban J connectivity index is 1.43. The van der Waals surface area contributed by atoms with Crippen LogP contribution in [0.15, 0.2) is 48.9 Å². The number of carbonyl (C=O) groups excluding carboxylic acids is 1. The fourth-order valence-electron chi connectivity index (χ4n) is 3.49. The summed E-state index contributed by atoms with van der Waals surface area (Å²) in [6.07, 6.45) is 9.52. The van der Waals surface area contributed by atoms with Gasteiger partial charge in [-0.25, -0.2) is 9.97 Å². The molecule has 25 heavy (non-hydrogen) atoms. The molecule has 0 atom stereocenters. The zero-order chi connectivity index (χ0) is 17.1. The maximum Gasteiger partial charge on any atom is 0.251 e. The number of fused-ring (bicyclic) bond motifs is 1. The Morgan fingerprint density at radius 1 is 1.08 bits per heavy atom. The highest BCUT2D eigenvalue weighted by atomic mass is 16.1. The normalized spacial score (nSPS) is 15.4. The molecule has 1 N–H and O–H groups in total. The number of hydrogen-bond acceptors (Lipinski definition) is 3. The number of hydrogen-bond donors (Lipinski definition) is 1. The highest BCUT2D eigenvalue weighted by Crippen LogP contribution is 2.18. The van der Waals surface area contributed by atoms with Crippen LogP contribution in [-0.4, -0.2) is 26.5 Å². The first-order chi connectivity index (χ1) is 12.3. The van der Waals surface area contributed by atoms with Gasteiger partial charge in [0, 0.05) is 17.8 Å². The maximum absolute atomic E-state index is 12.4. The van der Waals surface area contributed by atoms with E-state index < -0.39 is 0 Å². The summed E-state index contributed by atoms with van der Waals surface area (Å²) >= 11 is 0. The van der Waals surface area contributed by atoms with E-state index in [4.69, 9.17) is 0 Å². The first-order valence-corrected chi connectivity index (χ1v) is 8.95. The second kappa shape index (κ2) is 7.05. The Bertz CT molecular complexity index is 863. The summed E-state index contributed by atoms with van der Waals surface area (Å²) in [7, 11) is 0. The zero-order valence-corrected chi connectivity index (χ0v) is 14.2. The summed E-state index contributed by atoms with van der Waals surface area (Å²) in [5.74, 6) is 0.0354. The number of carbonyl (C=O) groups is 1. The highest BCUT2D eigenvalue weighted by Gasteiger charge is 2.16. The van der Waals surface area contributed by atoms with E-state index in [1.165, 1.54) is 19.3 Å². The van der Waals surface area contributed by atoms with Crippen LogP contribution < -0.4 is 5.32 Å². The number of nitrogens with one attached hydrogen (secondary N) is 1. The average molecular weight is 334 g/mol. The lowest BCUT2D eigenvalue weighted by Gasteiger charge is -2.22. The molecule has 0 spiro atoms. The minimum Gasteiger partial charge on any atom is -0.349 e. The van der Waals surface area contributed by atoms with Crippen LogP contribution in [0, 0.1) is 0 Å². The minimum absolute atomic E-state index is 0.0354. The van der Waals surface area contributed by atoms with Gasteiger partial charge in [0.15, 0.2) is 5.65 Å². The molecule has 2 aromatic heterocycles. The van der Waals surface area contributed by atoms with Crippen molar-refractivity contribution in [1.29, 1.82) is 0 Å². The molecule has 5 nitrogen and oxygen atoms in total. The number of pyridine rings is 1. The number of amides is 1. The third-order valence-electron chi connectivity index (χ3n) is 4.88. The molecule has 4 rings (SSSR count). The lowest BCUT2D eigenvalue weighted by atomic mass is 9.95. The Kier molecular flexibility index (Phi) is 4.46. The zero-order valence-electron chi connectivity index (χ0n) is 14.2. The van der Waals surface area contributed by atoms with Gasteiger partial charge in [-0.1, -0.05) is 31.4 Å². The molecular weight excluding hydrogens is 312 g/mol. The Morgan fingerprint density at radius 2 is 1.88 bits per heavy atom. The lowest BCUT2D eigenvalue weighted by molar-refractivity contribution is 0.0927. The molecule has 1 aliphatic rings. The van der Waals surface area contributed by atoms with Crippen molar-refractivity contribution in [1.82, 2.24) is 19.9 Å². The number of benzene rings is 1. The fourth-order valence-corrected chi connectivity index (χ4v) is 3.49. The van der Waals surface area contributed by atoms with E-state index >= 15 is 0 Å². The van der Waals surface area contributed by atoms with E-state index in [-0.39, 0.29) is 5.91 Å². The van der Waals surface area contributed by atoms with Gasteiger partial charge in [-0.15, -0.1) is 0 Å². The maximum atomic E-state index is 12.4. The first-order valence-electron chi connectivity index (χ1n) is 8.95. The van der Waals surface area contributed by atoms with E-state index in [2.05, 4.69) is 15.3 Å². The van der Waals surface area contributed by atoms with Crippen molar-refractivity contribution < 1.29 is 4.79 Å². The second-order valence-electron chi connectivity index (χ2n) is 6.72. The van der Waals surface area contributed by atoms with Crippen LogP contribution in [0.25, 0.3) is 11.2 Å². The SMILES string of the molecule is O=C(NC1CCCCC1)c1ccc(Cn2cnc3cccnc32)cc1. The number of rotatable bonds is 4. The molecule has 1 aromatic carbocycles. The summed E-state index contributed by atoms with van der Waals surface area (Å²) in [5, 5.41) is 3.16. The highest BCUT2D eigenvalue weighted by molar-refractivity contribution is 5.94. The van der Waals surface area contributed by atoms with Crippen LogP contribution in [0.3, 0.4) is 0 Å². The minimum atomic E-state index is 0.0354. The van der Waals surface area contributed by atoms with Gasteiger partial charge in [-0.05, 0) is 42.7 Å². The van der Waals surface area contributed by atoms with Crippen molar-refractivity contribution in [3.8, 4) is 0 Å². The summed E-state index contributed by atoms with van der Waals surface area (Å²) in [6.45, 7) is 0.692. The molecule has 0 unspecified atom stereocenters. The lowest BCUT2D eigenvalue weighted by Crippen LogP contribution is -2.36. The van der Waals surface area contributed by atoms with Gasteiger partial charge >= 0.3 is 0 Å². The monoisotopic (exact) mass is 334 g/mol. The van der Waals surface area contributed by atoms with Crippen molar-refractivity contribution in [2.45, 2.75) is 44.7 Å². The van der Waals surface area contributed by atoms with Crippen LogP contribution in [0.2, 0.25) is 0 Å². The molecular formula is C20H22N4O. The number of nitrogens with zero attached hydrogens (tertiary/aromatic N) is 3. The van der Waals surface area contributed by atoms with E-state index in [0.29, 0.717) is 12.6 Å². The van der Waals surface area contributed by atoms with Gasteiger partial charge < -0.3 is 9.88 Å². The quantitative estimate of drug-likeness (QED) is 0.794. The van der Waals surface area contributed by atoms with Crippen molar-refractivity contribution in [2.24, 2.45) is 0 Å². The number of aromatic nitrogens is 3. The largest absolute Gasteiger partial charge is 0.349 e. The van der Waals surface area contributed by atoms with E-state index in [0.717, 1.165) is 35.1 Å². The molecule has 0 aliphatic heterocycles. The topological polar surface area (TPSA) is 59.8 Å². The van der Waals surface area contributed by atoms with E-state index in [1.807, 2.05) is 41.0 Å². The van der Waals surface area contributed by atoms with Gasteiger partial charge in [-0.2, -0.15) is 0 Å². The van der Waals surface area contributed by atoms with Crippen LogP contribution in [-0.2, 0) is 6.54 Å². The Labute approximate surface area is 147 Å². The van der Waals surface area contributed by atoms with Gasteiger partial charge in [-0.3, -0.25) is 4.79 Å². The summed E-state index contributed by atoms with van der Waals surface area (Å²) in [5.41, 5.74) is 3.62. The first kappa shape index (κ1) is 15.8. The second-order valence-corrected chi connectivity index (χ2v) is 6.72. The third-order valence-corrected chi connectivity index (χ3v) is 4.88. The van der Waals surface area contributed by atoms with Gasteiger partial charge in [0.1, 0.15) is 5.52 Å². The average Bonchev–Trinajstić information content (AvgIpc) is 3.06. The van der Waals surface area contributed by atoms with Crippen molar-refractivity contribution in [3.63, 3.8) is 0 Å². The molecule has 128 valence electrons. The molecule has 0 radical (unpaired) electrons. The van der Waals surface area contributed by atoms with Gasteiger partial charge in [0.2, 0.25) is 0 Å². The molecule has 0 bridgehead atoms. The summed E-state index contributed by atoms with van der Waals surface area (Å²) in [4.78, 5) is 21.1. The smallest absolute Gasteiger partial charge is 0.251 e. The molecule has 5 heteroatoms. The standard InChI is InChI=1S/C20H22N4O/c25-20(23-17-5-2-1-3-6-17)16-10-8-15(9-11-16)13-24-14-22-18-7-4-12-21-19(18)24/h4,7-12,14,17H,1-3,5-6,13H2,(H,23,25). The number of imidazole rings is 1. The molecule has 2 heterocycles. The molecule has 1 fully saturated rings.